The van der Waals surface area contributed by atoms with E-state index in [4.69, 9.17) is 5.26 Å². The maximum atomic E-state index is 9.19. The molecule has 0 atom stereocenters. The van der Waals surface area contributed by atoms with Crippen molar-refractivity contribution >= 4 is 0 Å². The SMILES string of the molecule is CC(C)(C)N1CCC(C#N)(CO)CC1. The van der Waals surface area contributed by atoms with E-state index in [1.165, 1.54) is 0 Å². The summed E-state index contributed by atoms with van der Waals surface area (Å²) in [6, 6.07) is 2.26. The minimum atomic E-state index is -0.470. The van der Waals surface area contributed by atoms with Gasteiger partial charge in [-0.3, -0.25) is 4.90 Å². The van der Waals surface area contributed by atoms with Gasteiger partial charge in [-0.2, -0.15) is 5.26 Å². The Morgan fingerprint density at radius 3 is 2.14 bits per heavy atom. The Bertz CT molecular complexity index is 229. The smallest absolute Gasteiger partial charge is 0.0828 e. The van der Waals surface area contributed by atoms with Gasteiger partial charge in [-0.1, -0.05) is 0 Å². The monoisotopic (exact) mass is 196 g/mol. The van der Waals surface area contributed by atoms with E-state index in [1.807, 2.05) is 0 Å². The van der Waals surface area contributed by atoms with Crippen molar-refractivity contribution in [2.24, 2.45) is 5.41 Å². The number of likely N-dealkylation sites (tertiary alicyclic amines) is 1. The maximum Gasteiger partial charge on any atom is 0.0828 e. The highest BCUT2D eigenvalue weighted by Crippen LogP contribution is 2.32. The van der Waals surface area contributed by atoms with Crippen LogP contribution in [0, 0.1) is 16.7 Å². The molecule has 1 aliphatic rings. The Hall–Kier alpha value is -0.590. The molecule has 1 heterocycles. The lowest BCUT2D eigenvalue weighted by Gasteiger charge is -2.43. The second kappa shape index (κ2) is 3.88. The predicted molar refractivity (Wildman–Crippen MR) is 55.7 cm³/mol. The topological polar surface area (TPSA) is 47.3 Å². The van der Waals surface area contributed by atoms with Crippen LogP contribution in [0.15, 0.2) is 0 Å². The van der Waals surface area contributed by atoms with Gasteiger partial charge >= 0.3 is 0 Å². The second-order valence-electron chi connectivity index (χ2n) is 5.21. The Morgan fingerprint density at radius 1 is 1.36 bits per heavy atom. The summed E-state index contributed by atoms with van der Waals surface area (Å²) in [7, 11) is 0. The summed E-state index contributed by atoms with van der Waals surface area (Å²) in [6.45, 7) is 8.39. The number of aliphatic hydroxyl groups excluding tert-OH is 1. The molecule has 3 nitrogen and oxygen atoms in total. The summed E-state index contributed by atoms with van der Waals surface area (Å²) in [5.41, 5.74) is -0.293. The van der Waals surface area contributed by atoms with Crippen molar-refractivity contribution in [3.8, 4) is 6.07 Å². The fourth-order valence-electron chi connectivity index (χ4n) is 1.91. The molecule has 0 bridgehead atoms. The molecule has 0 aromatic rings. The van der Waals surface area contributed by atoms with Crippen LogP contribution in [0.3, 0.4) is 0 Å². The Balaban J connectivity index is 2.59. The van der Waals surface area contributed by atoms with E-state index < -0.39 is 5.41 Å². The molecule has 0 amide bonds. The van der Waals surface area contributed by atoms with Crippen LogP contribution in [-0.4, -0.2) is 35.2 Å². The Morgan fingerprint density at radius 2 is 1.86 bits per heavy atom. The van der Waals surface area contributed by atoms with Gasteiger partial charge in [0.1, 0.15) is 0 Å². The van der Waals surface area contributed by atoms with Crippen LogP contribution < -0.4 is 0 Å². The fraction of sp³-hybridized carbons (Fsp3) is 0.909. The molecule has 0 saturated carbocycles. The van der Waals surface area contributed by atoms with Gasteiger partial charge in [0, 0.05) is 18.6 Å². The predicted octanol–water partition coefficient (Wildman–Crippen LogP) is 1.38. The molecule has 0 aromatic carbocycles. The third kappa shape index (κ3) is 2.26. The van der Waals surface area contributed by atoms with E-state index in [2.05, 4.69) is 31.7 Å². The lowest BCUT2D eigenvalue weighted by molar-refractivity contribution is 0.0385. The summed E-state index contributed by atoms with van der Waals surface area (Å²) in [5.74, 6) is 0. The molecule has 0 radical (unpaired) electrons. The zero-order chi connectivity index (χ0) is 10.8. The minimum Gasteiger partial charge on any atom is -0.395 e. The normalized spacial score (nSPS) is 23.1. The highest BCUT2D eigenvalue weighted by molar-refractivity contribution is 5.02. The Labute approximate surface area is 86.3 Å². The number of hydrogen-bond donors (Lipinski definition) is 1. The number of aliphatic hydroxyl groups is 1. The average molecular weight is 196 g/mol. The van der Waals surface area contributed by atoms with Gasteiger partial charge in [-0.25, -0.2) is 0 Å². The first-order valence-electron chi connectivity index (χ1n) is 5.21. The fourth-order valence-corrected chi connectivity index (χ4v) is 1.91. The van der Waals surface area contributed by atoms with Crippen molar-refractivity contribution in [2.75, 3.05) is 19.7 Å². The molecule has 0 aromatic heterocycles. The van der Waals surface area contributed by atoms with Gasteiger partial charge in [0.05, 0.1) is 18.1 Å². The molecule has 1 rings (SSSR count). The van der Waals surface area contributed by atoms with Gasteiger partial charge in [-0.05, 0) is 33.6 Å². The van der Waals surface area contributed by atoms with Gasteiger partial charge in [0.2, 0.25) is 0 Å². The number of piperidine rings is 1. The second-order valence-corrected chi connectivity index (χ2v) is 5.21. The van der Waals surface area contributed by atoms with Gasteiger partial charge in [0.15, 0.2) is 0 Å². The molecule has 0 aliphatic carbocycles. The standard InChI is InChI=1S/C11H20N2O/c1-10(2,3)13-6-4-11(8-12,9-14)5-7-13/h14H,4-7,9H2,1-3H3. The summed E-state index contributed by atoms with van der Waals surface area (Å²) in [4.78, 5) is 2.37. The molecule has 80 valence electrons. The van der Waals surface area contributed by atoms with Gasteiger partial charge in [0.25, 0.3) is 0 Å². The quantitative estimate of drug-likeness (QED) is 0.689. The van der Waals surface area contributed by atoms with Crippen molar-refractivity contribution < 1.29 is 5.11 Å². The number of nitrogens with zero attached hydrogens (tertiary/aromatic N) is 2. The third-order valence-electron chi connectivity index (χ3n) is 3.21. The van der Waals surface area contributed by atoms with Crippen molar-refractivity contribution in [3.63, 3.8) is 0 Å². The van der Waals surface area contributed by atoms with Crippen LogP contribution >= 0.6 is 0 Å². The summed E-state index contributed by atoms with van der Waals surface area (Å²) < 4.78 is 0. The number of hydrogen-bond acceptors (Lipinski definition) is 3. The lowest BCUT2D eigenvalue weighted by atomic mass is 9.79. The molecule has 1 aliphatic heterocycles. The van der Waals surface area contributed by atoms with Crippen LogP contribution in [-0.2, 0) is 0 Å². The molecular weight excluding hydrogens is 176 g/mol. The highest BCUT2D eigenvalue weighted by atomic mass is 16.3. The van der Waals surface area contributed by atoms with Crippen LogP contribution in [0.4, 0.5) is 0 Å². The van der Waals surface area contributed by atoms with E-state index in [-0.39, 0.29) is 12.1 Å². The van der Waals surface area contributed by atoms with E-state index in [0.717, 1.165) is 25.9 Å². The van der Waals surface area contributed by atoms with Gasteiger partial charge in [-0.15, -0.1) is 0 Å². The van der Waals surface area contributed by atoms with Gasteiger partial charge < -0.3 is 5.11 Å². The van der Waals surface area contributed by atoms with E-state index in [9.17, 15) is 5.11 Å². The van der Waals surface area contributed by atoms with E-state index in [0.29, 0.717) is 0 Å². The first kappa shape index (κ1) is 11.5. The number of nitriles is 1. The summed E-state index contributed by atoms with van der Waals surface area (Å²) in [6.07, 6.45) is 1.58. The van der Waals surface area contributed by atoms with Crippen LogP contribution in [0.25, 0.3) is 0 Å². The molecule has 14 heavy (non-hydrogen) atoms. The first-order chi connectivity index (χ1) is 6.43. The van der Waals surface area contributed by atoms with Crippen LogP contribution in [0.2, 0.25) is 0 Å². The molecule has 0 spiro atoms. The van der Waals surface area contributed by atoms with Crippen LogP contribution in [0.5, 0.6) is 0 Å². The third-order valence-corrected chi connectivity index (χ3v) is 3.21. The lowest BCUT2D eigenvalue weighted by Crippen LogP contribution is -2.49. The van der Waals surface area contributed by atoms with Crippen LogP contribution in [0.1, 0.15) is 33.6 Å². The summed E-state index contributed by atoms with van der Waals surface area (Å²) >= 11 is 0. The maximum absolute atomic E-state index is 9.19. The first-order valence-corrected chi connectivity index (χ1v) is 5.21. The molecular formula is C11H20N2O. The highest BCUT2D eigenvalue weighted by Gasteiger charge is 2.36. The molecule has 0 unspecified atom stereocenters. The van der Waals surface area contributed by atoms with E-state index >= 15 is 0 Å². The van der Waals surface area contributed by atoms with Crippen molar-refractivity contribution in [3.05, 3.63) is 0 Å². The zero-order valence-corrected chi connectivity index (χ0v) is 9.38. The summed E-state index contributed by atoms with van der Waals surface area (Å²) in [5, 5.41) is 18.2. The molecule has 3 heteroatoms. The van der Waals surface area contributed by atoms with Crippen molar-refractivity contribution in [1.29, 1.82) is 5.26 Å². The van der Waals surface area contributed by atoms with Crippen molar-refractivity contribution in [2.45, 2.75) is 39.2 Å². The largest absolute Gasteiger partial charge is 0.395 e. The van der Waals surface area contributed by atoms with Crippen molar-refractivity contribution in [1.82, 2.24) is 4.90 Å². The number of rotatable bonds is 1. The minimum absolute atomic E-state index is 0.00147. The average Bonchev–Trinajstić information content (AvgIpc) is 2.16. The zero-order valence-electron chi connectivity index (χ0n) is 9.38. The molecule has 1 fully saturated rings. The molecule has 1 saturated heterocycles. The molecule has 1 N–H and O–H groups in total. The van der Waals surface area contributed by atoms with E-state index in [1.54, 1.807) is 0 Å². The Kier molecular flexibility index (Phi) is 3.18.